The lowest BCUT2D eigenvalue weighted by Crippen LogP contribution is -2.22. The summed E-state index contributed by atoms with van der Waals surface area (Å²) >= 11 is 0. The molecule has 1 aromatic heterocycles. The SMILES string of the molecule is CC[C@@H](C)c1ccccc1NC(=O)COC(=O)c1c(-c2ccccc2)noc1C. The minimum atomic E-state index is -0.645. The Kier molecular flexibility index (Phi) is 6.44. The predicted molar refractivity (Wildman–Crippen MR) is 111 cm³/mol. The number of aromatic nitrogens is 1. The number of benzene rings is 2. The molecule has 6 nitrogen and oxygen atoms in total. The third-order valence-electron chi connectivity index (χ3n) is 4.83. The Morgan fingerprint density at radius 2 is 1.79 bits per heavy atom. The Labute approximate surface area is 169 Å². The summed E-state index contributed by atoms with van der Waals surface area (Å²) in [5, 5.41) is 6.80. The quantitative estimate of drug-likeness (QED) is 0.575. The Morgan fingerprint density at radius 3 is 2.52 bits per heavy atom. The van der Waals surface area contributed by atoms with E-state index in [4.69, 9.17) is 9.26 Å². The van der Waals surface area contributed by atoms with Crippen molar-refractivity contribution in [3.63, 3.8) is 0 Å². The Morgan fingerprint density at radius 1 is 1.10 bits per heavy atom. The highest BCUT2D eigenvalue weighted by Gasteiger charge is 2.23. The molecule has 1 N–H and O–H groups in total. The monoisotopic (exact) mass is 392 g/mol. The minimum absolute atomic E-state index is 0.226. The van der Waals surface area contributed by atoms with E-state index in [-0.39, 0.29) is 5.56 Å². The molecule has 150 valence electrons. The molecule has 3 aromatic rings. The second-order valence-corrected chi connectivity index (χ2v) is 6.85. The Balaban J connectivity index is 1.68. The second kappa shape index (κ2) is 9.19. The molecule has 1 atom stereocenters. The summed E-state index contributed by atoms with van der Waals surface area (Å²) < 4.78 is 10.4. The van der Waals surface area contributed by atoms with Gasteiger partial charge in [0, 0.05) is 11.3 Å². The summed E-state index contributed by atoms with van der Waals surface area (Å²) in [5.74, 6) is -0.393. The lowest BCUT2D eigenvalue weighted by atomic mass is 9.97. The van der Waals surface area contributed by atoms with Crippen molar-refractivity contribution < 1.29 is 18.8 Å². The van der Waals surface area contributed by atoms with Gasteiger partial charge in [-0.2, -0.15) is 0 Å². The number of carbonyl (C=O) groups excluding carboxylic acids is 2. The number of amides is 1. The highest BCUT2D eigenvalue weighted by Crippen LogP contribution is 2.27. The molecule has 0 aliphatic heterocycles. The lowest BCUT2D eigenvalue weighted by molar-refractivity contribution is -0.119. The van der Waals surface area contributed by atoms with Crippen molar-refractivity contribution >= 4 is 17.6 Å². The number of nitrogens with one attached hydrogen (secondary N) is 1. The van der Waals surface area contributed by atoms with Crippen LogP contribution in [0.4, 0.5) is 5.69 Å². The van der Waals surface area contributed by atoms with Gasteiger partial charge in [0.1, 0.15) is 17.0 Å². The number of aryl methyl sites for hydroxylation is 1. The molecular weight excluding hydrogens is 368 g/mol. The first-order valence-corrected chi connectivity index (χ1v) is 9.58. The van der Waals surface area contributed by atoms with Gasteiger partial charge in [-0.3, -0.25) is 4.79 Å². The van der Waals surface area contributed by atoms with Gasteiger partial charge in [0.2, 0.25) is 0 Å². The second-order valence-electron chi connectivity index (χ2n) is 6.85. The van der Waals surface area contributed by atoms with E-state index < -0.39 is 18.5 Å². The predicted octanol–water partition coefficient (Wildman–Crippen LogP) is 4.96. The van der Waals surface area contributed by atoms with Crippen molar-refractivity contribution in [2.75, 3.05) is 11.9 Å². The topological polar surface area (TPSA) is 81.4 Å². The van der Waals surface area contributed by atoms with E-state index in [0.29, 0.717) is 17.4 Å². The van der Waals surface area contributed by atoms with Crippen LogP contribution in [0.1, 0.15) is 47.9 Å². The van der Waals surface area contributed by atoms with Crippen molar-refractivity contribution in [3.05, 3.63) is 71.5 Å². The highest BCUT2D eigenvalue weighted by molar-refractivity contribution is 5.99. The third-order valence-corrected chi connectivity index (χ3v) is 4.83. The van der Waals surface area contributed by atoms with Crippen molar-refractivity contribution in [1.82, 2.24) is 5.16 Å². The van der Waals surface area contributed by atoms with Crippen LogP contribution >= 0.6 is 0 Å². The molecule has 0 fully saturated rings. The zero-order chi connectivity index (χ0) is 20.8. The fourth-order valence-electron chi connectivity index (χ4n) is 3.06. The average Bonchev–Trinajstić information content (AvgIpc) is 3.14. The van der Waals surface area contributed by atoms with Gasteiger partial charge in [0.05, 0.1) is 0 Å². The maximum absolute atomic E-state index is 12.6. The molecule has 1 heterocycles. The van der Waals surface area contributed by atoms with E-state index in [9.17, 15) is 9.59 Å². The van der Waals surface area contributed by atoms with Crippen molar-refractivity contribution in [3.8, 4) is 11.3 Å². The van der Waals surface area contributed by atoms with Gasteiger partial charge in [-0.25, -0.2) is 4.79 Å². The lowest BCUT2D eigenvalue weighted by Gasteiger charge is -2.15. The molecule has 2 aromatic carbocycles. The maximum Gasteiger partial charge on any atom is 0.344 e. The summed E-state index contributed by atoms with van der Waals surface area (Å²) in [6.07, 6.45) is 0.955. The molecule has 0 aliphatic rings. The fourth-order valence-corrected chi connectivity index (χ4v) is 3.06. The molecule has 0 radical (unpaired) electrons. The molecule has 0 bridgehead atoms. The van der Waals surface area contributed by atoms with Crippen LogP contribution in [0.2, 0.25) is 0 Å². The summed E-state index contributed by atoms with van der Waals surface area (Å²) in [6.45, 7) is 5.44. The van der Waals surface area contributed by atoms with Gasteiger partial charge in [-0.15, -0.1) is 0 Å². The van der Waals surface area contributed by atoms with Crippen LogP contribution < -0.4 is 5.32 Å². The first kappa shape index (κ1) is 20.3. The molecular formula is C23H24N2O4. The van der Waals surface area contributed by atoms with Gasteiger partial charge in [0.15, 0.2) is 6.61 Å². The third kappa shape index (κ3) is 4.71. The number of para-hydroxylation sites is 1. The van der Waals surface area contributed by atoms with Gasteiger partial charge in [-0.1, -0.05) is 67.5 Å². The van der Waals surface area contributed by atoms with Crippen LogP contribution in [0.3, 0.4) is 0 Å². The fraction of sp³-hybridized carbons (Fsp3) is 0.261. The number of esters is 1. The minimum Gasteiger partial charge on any atom is -0.452 e. The smallest absolute Gasteiger partial charge is 0.344 e. The van der Waals surface area contributed by atoms with Crippen molar-refractivity contribution in [2.24, 2.45) is 0 Å². The summed E-state index contributed by atoms with van der Waals surface area (Å²) in [4.78, 5) is 25.0. The molecule has 0 spiro atoms. The Hall–Kier alpha value is -3.41. The average molecular weight is 392 g/mol. The number of nitrogens with zero attached hydrogens (tertiary/aromatic N) is 1. The summed E-state index contributed by atoms with van der Waals surface area (Å²) in [7, 11) is 0. The first-order chi connectivity index (χ1) is 14.0. The number of hydrogen-bond acceptors (Lipinski definition) is 5. The zero-order valence-corrected chi connectivity index (χ0v) is 16.8. The number of hydrogen-bond donors (Lipinski definition) is 1. The van der Waals surface area contributed by atoms with Crippen LogP contribution in [0.15, 0.2) is 59.1 Å². The normalized spacial score (nSPS) is 11.7. The molecule has 0 unspecified atom stereocenters. The van der Waals surface area contributed by atoms with E-state index in [1.54, 1.807) is 6.92 Å². The van der Waals surface area contributed by atoms with Crippen LogP contribution in [0, 0.1) is 6.92 Å². The van der Waals surface area contributed by atoms with Gasteiger partial charge >= 0.3 is 5.97 Å². The molecule has 3 rings (SSSR count). The van der Waals surface area contributed by atoms with Crippen LogP contribution in [-0.4, -0.2) is 23.6 Å². The molecule has 6 heteroatoms. The standard InChI is InChI=1S/C23H24N2O4/c1-4-15(2)18-12-8-9-13-19(18)24-20(26)14-28-23(27)21-16(3)29-25-22(21)17-10-6-5-7-11-17/h5-13,15H,4,14H2,1-3H3,(H,24,26)/t15-/m1/s1. The van der Waals surface area contributed by atoms with E-state index in [2.05, 4.69) is 24.3 Å². The van der Waals surface area contributed by atoms with Crippen LogP contribution in [-0.2, 0) is 9.53 Å². The summed E-state index contributed by atoms with van der Waals surface area (Å²) in [5.41, 5.74) is 3.15. The molecule has 0 saturated carbocycles. The van der Waals surface area contributed by atoms with Crippen molar-refractivity contribution in [2.45, 2.75) is 33.1 Å². The van der Waals surface area contributed by atoms with Crippen LogP contribution in [0.25, 0.3) is 11.3 Å². The van der Waals surface area contributed by atoms with Gasteiger partial charge < -0.3 is 14.6 Å². The van der Waals surface area contributed by atoms with Gasteiger partial charge in [-0.05, 0) is 30.9 Å². The molecule has 29 heavy (non-hydrogen) atoms. The zero-order valence-electron chi connectivity index (χ0n) is 16.8. The van der Waals surface area contributed by atoms with Gasteiger partial charge in [0.25, 0.3) is 5.91 Å². The molecule has 1 amide bonds. The first-order valence-electron chi connectivity index (χ1n) is 9.58. The van der Waals surface area contributed by atoms with Crippen molar-refractivity contribution in [1.29, 1.82) is 0 Å². The Bertz CT molecular complexity index is 995. The number of anilines is 1. The highest BCUT2D eigenvalue weighted by atomic mass is 16.5. The number of carbonyl (C=O) groups is 2. The number of rotatable bonds is 7. The maximum atomic E-state index is 12.6. The summed E-state index contributed by atoms with van der Waals surface area (Å²) in [6, 6.07) is 16.8. The van der Waals surface area contributed by atoms with E-state index in [1.807, 2.05) is 54.6 Å². The largest absolute Gasteiger partial charge is 0.452 e. The van der Waals surface area contributed by atoms with E-state index in [1.165, 1.54) is 0 Å². The van der Waals surface area contributed by atoms with E-state index in [0.717, 1.165) is 23.2 Å². The molecule has 0 aliphatic carbocycles. The molecule has 0 saturated heterocycles. The van der Waals surface area contributed by atoms with E-state index >= 15 is 0 Å². The number of ether oxygens (including phenoxy) is 1. The van der Waals surface area contributed by atoms with Crippen LogP contribution in [0.5, 0.6) is 0 Å².